The first-order valence-electron chi connectivity index (χ1n) is 5.43. The van der Waals surface area contributed by atoms with Crippen LogP contribution >= 0.6 is 0 Å². The van der Waals surface area contributed by atoms with Crippen molar-refractivity contribution in [2.45, 2.75) is 13.0 Å². The smallest absolute Gasteiger partial charge is 0.325 e. The van der Waals surface area contributed by atoms with Crippen LogP contribution in [0, 0.1) is 0 Å². The summed E-state index contributed by atoms with van der Waals surface area (Å²) in [6.07, 6.45) is 0. The highest BCUT2D eigenvalue weighted by Crippen LogP contribution is 2.16. The predicted molar refractivity (Wildman–Crippen MR) is 66.7 cm³/mol. The number of carboxylic acids is 1. The fourth-order valence-electron chi connectivity index (χ4n) is 1.27. The van der Waals surface area contributed by atoms with Crippen molar-refractivity contribution >= 4 is 17.6 Å². The van der Waals surface area contributed by atoms with Gasteiger partial charge in [0.15, 0.2) is 0 Å². The number of aliphatic carboxylic acids is 1. The van der Waals surface area contributed by atoms with Gasteiger partial charge in [-0.15, -0.1) is 0 Å². The fraction of sp³-hybridized carbons (Fsp3) is 0.333. The molecule has 0 saturated carbocycles. The number of benzene rings is 1. The average molecular weight is 252 g/mol. The molecule has 0 radical (unpaired) electrons. The van der Waals surface area contributed by atoms with Crippen LogP contribution in [0.2, 0.25) is 0 Å². The third-order valence-electron chi connectivity index (χ3n) is 2.27. The molecule has 0 aliphatic carbocycles. The Hall–Kier alpha value is -2.24. The van der Waals surface area contributed by atoms with Crippen LogP contribution in [-0.4, -0.2) is 36.7 Å². The number of carbonyl (C=O) groups excluding carboxylic acids is 1. The van der Waals surface area contributed by atoms with Crippen molar-refractivity contribution in [2.24, 2.45) is 0 Å². The Morgan fingerprint density at radius 1 is 1.44 bits per heavy atom. The first-order chi connectivity index (χ1) is 8.52. The van der Waals surface area contributed by atoms with Gasteiger partial charge < -0.3 is 20.5 Å². The number of rotatable bonds is 6. The average Bonchev–Trinajstić information content (AvgIpc) is 2.36. The fourth-order valence-corrected chi connectivity index (χ4v) is 1.27. The van der Waals surface area contributed by atoms with Crippen LogP contribution in [0.4, 0.5) is 5.69 Å². The van der Waals surface area contributed by atoms with Crippen LogP contribution in [0.3, 0.4) is 0 Å². The highest BCUT2D eigenvalue weighted by Gasteiger charge is 2.13. The zero-order valence-corrected chi connectivity index (χ0v) is 10.3. The molecule has 98 valence electrons. The van der Waals surface area contributed by atoms with Gasteiger partial charge in [0.2, 0.25) is 5.91 Å². The largest absolute Gasteiger partial charge is 0.497 e. The summed E-state index contributed by atoms with van der Waals surface area (Å²) in [6, 6.07) is 6.21. The van der Waals surface area contributed by atoms with Gasteiger partial charge in [-0.05, 0) is 19.1 Å². The van der Waals surface area contributed by atoms with Crippen molar-refractivity contribution in [1.82, 2.24) is 5.32 Å². The first kappa shape index (κ1) is 13.8. The molecule has 1 amide bonds. The Balaban J connectivity index is 2.44. The van der Waals surface area contributed by atoms with Gasteiger partial charge in [0, 0.05) is 11.8 Å². The van der Waals surface area contributed by atoms with E-state index in [-0.39, 0.29) is 12.5 Å². The molecule has 0 bridgehead atoms. The maximum atomic E-state index is 11.4. The molecule has 0 spiro atoms. The Labute approximate surface area is 105 Å². The summed E-state index contributed by atoms with van der Waals surface area (Å²) in [7, 11) is 1.56. The molecular weight excluding hydrogens is 236 g/mol. The number of carboxylic acid groups (broad SMARTS) is 1. The van der Waals surface area contributed by atoms with E-state index in [2.05, 4.69) is 10.6 Å². The van der Waals surface area contributed by atoms with Crippen LogP contribution in [-0.2, 0) is 9.59 Å². The maximum absolute atomic E-state index is 11.4. The van der Waals surface area contributed by atoms with Crippen LogP contribution in [0.15, 0.2) is 24.3 Å². The second-order valence-electron chi connectivity index (χ2n) is 3.71. The highest BCUT2D eigenvalue weighted by molar-refractivity contribution is 5.85. The normalized spacial score (nSPS) is 11.4. The molecule has 0 unspecified atom stereocenters. The van der Waals surface area contributed by atoms with Gasteiger partial charge in [0.25, 0.3) is 0 Å². The van der Waals surface area contributed by atoms with E-state index in [0.717, 1.165) is 5.69 Å². The third-order valence-corrected chi connectivity index (χ3v) is 2.27. The van der Waals surface area contributed by atoms with Crippen molar-refractivity contribution < 1.29 is 19.4 Å². The third kappa shape index (κ3) is 4.32. The van der Waals surface area contributed by atoms with E-state index in [1.807, 2.05) is 0 Å². The Kier molecular flexibility index (Phi) is 4.98. The minimum atomic E-state index is -1.07. The van der Waals surface area contributed by atoms with E-state index < -0.39 is 12.0 Å². The van der Waals surface area contributed by atoms with Gasteiger partial charge in [0.05, 0.1) is 13.7 Å². The molecule has 0 aromatic heterocycles. The molecule has 1 aromatic rings. The summed E-state index contributed by atoms with van der Waals surface area (Å²) in [5, 5.41) is 13.9. The molecule has 0 saturated heterocycles. The van der Waals surface area contributed by atoms with Crippen molar-refractivity contribution in [2.75, 3.05) is 19.0 Å². The van der Waals surface area contributed by atoms with Gasteiger partial charge in [0.1, 0.15) is 11.8 Å². The topological polar surface area (TPSA) is 87.7 Å². The Morgan fingerprint density at radius 2 is 2.17 bits per heavy atom. The maximum Gasteiger partial charge on any atom is 0.325 e. The zero-order valence-electron chi connectivity index (χ0n) is 10.3. The number of anilines is 1. The van der Waals surface area contributed by atoms with Gasteiger partial charge in [-0.25, -0.2) is 0 Å². The molecule has 0 aliphatic rings. The Bertz CT molecular complexity index is 434. The summed E-state index contributed by atoms with van der Waals surface area (Å²) in [6.45, 7) is 1.41. The molecule has 6 nitrogen and oxygen atoms in total. The lowest BCUT2D eigenvalue weighted by atomic mass is 10.3. The number of hydrogen-bond acceptors (Lipinski definition) is 4. The lowest BCUT2D eigenvalue weighted by Crippen LogP contribution is -2.41. The van der Waals surface area contributed by atoms with Crippen LogP contribution in [0.5, 0.6) is 5.75 Å². The highest BCUT2D eigenvalue weighted by atomic mass is 16.5. The SMILES string of the molecule is COc1cccc(NCC(=O)N[C@H](C)C(=O)O)c1. The lowest BCUT2D eigenvalue weighted by Gasteiger charge is -2.11. The van der Waals surface area contributed by atoms with Gasteiger partial charge in [-0.3, -0.25) is 9.59 Å². The van der Waals surface area contributed by atoms with Gasteiger partial charge >= 0.3 is 5.97 Å². The number of nitrogens with one attached hydrogen (secondary N) is 2. The molecule has 0 aliphatic heterocycles. The minimum Gasteiger partial charge on any atom is -0.497 e. The number of methoxy groups -OCH3 is 1. The van der Waals surface area contributed by atoms with E-state index in [1.54, 1.807) is 31.4 Å². The standard InChI is InChI=1S/C12H16N2O4/c1-8(12(16)17)14-11(15)7-13-9-4-3-5-10(6-9)18-2/h3-6,8,13H,7H2,1-2H3,(H,14,15)(H,16,17)/t8-/m1/s1. The summed E-state index contributed by atoms with van der Waals surface area (Å²) in [5.74, 6) is -0.767. The molecule has 0 heterocycles. The summed E-state index contributed by atoms with van der Waals surface area (Å²) in [4.78, 5) is 22.0. The quantitative estimate of drug-likeness (QED) is 0.693. The second kappa shape index (κ2) is 6.48. The van der Waals surface area contributed by atoms with E-state index >= 15 is 0 Å². The number of amides is 1. The second-order valence-corrected chi connectivity index (χ2v) is 3.71. The number of hydrogen-bond donors (Lipinski definition) is 3. The van der Waals surface area contributed by atoms with Crippen molar-refractivity contribution in [3.8, 4) is 5.75 Å². The zero-order chi connectivity index (χ0) is 13.5. The monoisotopic (exact) mass is 252 g/mol. The van der Waals surface area contributed by atoms with E-state index in [0.29, 0.717) is 5.75 Å². The van der Waals surface area contributed by atoms with Crippen LogP contribution < -0.4 is 15.4 Å². The van der Waals surface area contributed by atoms with Crippen molar-refractivity contribution in [1.29, 1.82) is 0 Å². The molecule has 6 heteroatoms. The van der Waals surface area contributed by atoms with E-state index in [9.17, 15) is 9.59 Å². The predicted octanol–water partition coefficient (Wildman–Crippen LogP) is 0.696. The number of ether oxygens (including phenoxy) is 1. The lowest BCUT2D eigenvalue weighted by molar-refractivity contribution is -0.141. The Morgan fingerprint density at radius 3 is 2.78 bits per heavy atom. The minimum absolute atomic E-state index is 0.00475. The van der Waals surface area contributed by atoms with Crippen LogP contribution in [0.1, 0.15) is 6.92 Å². The first-order valence-corrected chi connectivity index (χ1v) is 5.43. The van der Waals surface area contributed by atoms with Crippen molar-refractivity contribution in [3.63, 3.8) is 0 Å². The van der Waals surface area contributed by atoms with Gasteiger partial charge in [-0.2, -0.15) is 0 Å². The molecule has 1 aromatic carbocycles. The molecular formula is C12H16N2O4. The van der Waals surface area contributed by atoms with Crippen molar-refractivity contribution in [3.05, 3.63) is 24.3 Å². The van der Waals surface area contributed by atoms with E-state index in [1.165, 1.54) is 6.92 Å². The van der Waals surface area contributed by atoms with E-state index in [4.69, 9.17) is 9.84 Å². The molecule has 0 fully saturated rings. The summed E-state index contributed by atoms with van der Waals surface area (Å²) >= 11 is 0. The molecule has 18 heavy (non-hydrogen) atoms. The number of carbonyl (C=O) groups is 2. The van der Waals surface area contributed by atoms with Gasteiger partial charge in [-0.1, -0.05) is 6.07 Å². The molecule has 1 rings (SSSR count). The molecule has 1 atom stereocenters. The molecule has 3 N–H and O–H groups in total. The summed E-state index contributed by atoms with van der Waals surface area (Å²) in [5.41, 5.74) is 0.729. The summed E-state index contributed by atoms with van der Waals surface area (Å²) < 4.78 is 5.04. The van der Waals surface area contributed by atoms with Crippen LogP contribution in [0.25, 0.3) is 0 Å².